The highest BCUT2D eigenvalue weighted by Gasteiger charge is 2.23. The molecule has 4 rings (SSSR count). The quantitative estimate of drug-likeness (QED) is 0.370. The Morgan fingerprint density at radius 3 is 2.44 bits per heavy atom. The molecule has 0 bridgehead atoms. The molecule has 0 spiro atoms. The first-order chi connectivity index (χ1) is 16.6. The number of carbonyl (C=O) groups excluding carboxylic acids is 1. The van der Waals surface area contributed by atoms with Gasteiger partial charge in [-0.1, -0.05) is 30.3 Å². The Labute approximate surface area is 197 Å². The second-order valence-electron chi connectivity index (χ2n) is 7.83. The summed E-state index contributed by atoms with van der Waals surface area (Å²) in [4.78, 5) is 14.5. The van der Waals surface area contributed by atoms with Crippen molar-refractivity contribution in [2.45, 2.75) is 13.0 Å². The van der Waals surface area contributed by atoms with Crippen LogP contribution >= 0.6 is 0 Å². The summed E-state index contributed by atoms with van der Waals surface area (Å²) in [5, 5.41) is 17.0. The predicted octanol–water partition coefficient (Wildman–Crippen LogP) is 3.99. The van der Waals surface area contributed by atoms with Crippen LogP contribution in [0.3, 0.4) is 0 Å². The maximum Gasteiger partial charge on any atom is 0.238 e. The molecule has 1 heterocycles. The number of carbonyl (C=O) groups is 1. The molecule has 0 fully saturated rings. The topological polar surface area (TPSA) is 105 Å². The van der Waals surface area contributed by atoms with Crippen molar-refractivity contribution in [3.8, 4) is 17.2 Å². The van der Waals surface area contributed by atoms with Crippen LogP contribution < -0.4 is 14.8 Å². The van der Waals surface area contributed by atoms with Crippen molar-refractivity contribution < 1.29 is 14.3 Å². The summed E-state index contributed by atoms with van der Waals surface area (Å²) in [5.41, 5.74) is 1.77. The molecule has 2 N–H and O–H groups in total. The summed E-state index contributed by atoms with van der Waals surface area (Å²) >= 11 is 0. The number of amides is 1. The lowest BCUT2D eigenvalue weighted by Crippen LogP contribution is -2.36. The van der Waals surface area contributed by atoms with E-state index < -0.39 is 0 Å². The van der Waals surface area contributed by atoms with E-state index in [4.69, 9.17) is 9.47 Å². The predicted molar refractivity (Wildman–Crippen MR) is 128 cm³/mol. The van der Waals surface area contributed by atoms with Gasteiger partial charge in [-0.05, 0) is 78.5 Å². The van der Waals surface area contributed by atoms with Crippen molar-refractivity contribution in [2.75, 3.05) is 25.5 Å². The van der Waals surface area contributed by atoms with E-state index in [0.717, 1.165) is 17.1 Å². The minimum Gasteiger partial charge on any atom is -0.491 e. The van der Waals surface area contributed by atoms with E-state index in [2.05, 4.69) is 25.9 Å². The lowest BCUT2D eigenvalue weighted by Gasteiger charge is -2.25. The molecular formula is C25H26N6O3. The summed E-state index contributed by atoms with van der Waals surface area (Å²) in [6.45, 7) is 2.39. The molecule has 0 radical (unpaired) electrons. The number of rotatable bonds is 10. The highest BCUT2D eigenvalue weighted by molar-refractivity contribution is 5.92. The Morgan fingerprint density at radius 2 is 1.74 bits per heavy atom. The van der Waals surface area contributed by atoms with Gasteiger partial charge in [0, 0.05) is 5.69 Å². The van der Waals surface area contributed by atoms with Crippen molar-refractivity contribution in [3.63, 3.8) is 0 Å². The normalized spacial score (nSPS) is 11.7. The minimum atomic E-state index is -0.345. The number of tetrazole rings is 1. The fourth-order valence-electron chi connectivity index (χ4n) is 3.37. The average molecular weight is 459 g/mol. The first kappa shape index (κ1) is 22.9. The smallest absolute Gasteiger partial charge is 0.238 e. The van der Waals surface area contributed by atoms with Gasteiger partial charge in [0.15, 0.2) is 5.82 Å². The van der Waals surface area contributed by atoms with Crippen LogP contribution in [0, 0.1) is 6.92 Å². The molecule has 0 aliphatic rings. The van der Waals surface area contributed by atoms with E-state index in [1.807, 2.05) is 85.6 Å². The van der Waals surface area contributed by atoms with Gasteiger partial charge in [-0.2, -0.15) is 0 Å². The number of aryl methyl sites for hydroxylation is 1. The summed E-state index contributed by atoms with van der Waals surface area (Å²) in [7, 11) is 1.82. The van der Waals surface area contributed by atoms with E-state index in [-0.39, 0.29) is 25.1 Å². The minimum absolute atomic E-state index is 0.116. The Balaban J connectivity index is 1.34. The molecule has 9 nitrogen and oxygen atoms in total. The number of para-hydroxylation sites is 1. The van der Waals surface area contributed by atoms with Crippen molar-refractivity contribution in [1.29, 1.82) is 0 Å². The molecule has 34 heavy (non-hydrogen) atoms. The summed E-state index contributed by atoms with van der Waals surface area (Å²) in [6, 6.07) is 24.2. The van der Waals surface area contributed by atoms with E-state index in [0.29, 0.717) is 17.3 Å². The number of likely N-dealkylation sites (N-methyl/N-ethyl adjacent to an activating group) is 1. The summed E-state index contributed by atoms with van der Waals surface area (Å²) in [6.07, 6.45) is 0. The van der Waals surface area contributed by atoms with Crippen LogP contribution in [0.5, 0.6) is 17.2 Å². The van der Waals surface area contributed by atoms with Gasteiger partial charge < -0.3 is 14.8 Å². The van der Waals surface area contributed by atoms with Gasteiger partial charge in [0.2, 0.25) is 5.91 Å². The van der Waals surface area contributed by atoms with Crippen LogP contribution in [0.25, 0.3) is 0 Å². The second kappa shape index (κ2) is 11.1. The Morgan fingerprint density at radius 1 is 1.00 bits per heavy atom. The standard InChI is InChI=1S/C25H26N6O3/c1-18-7-6-10-22(15-18)33-17-23(25-27-29-30-28-25)31(2)16-24(32)26-19-11-13-21(14-12-19)34-20-8-4-3-5-9-20/h3-15,23H,16-17H2,1-2H3,(H,26,32)(H,27,28,29,30). The molecule has 174 valence electrons. The van der Waals surface area contributed by atoms with Gasteiger partial charge in [-0.3, -0.25) is 9.69 Å². The van der Waals surface area contributed by atoms with Crippen LogP contribution in [-0.4, -0.2) is 51.6 Å². The molecule has 1 unspecified atom stereocenters. The third-order valence-electron chi connectivity index (χ3n) is 5.12. The van der Waals surface area contributed by atoms with Gasteiger partial charge >= 0.3 is 0 Å². The number of aromatic nitrogens is 4. The zero-order valence-corrected chi connectivity index (χ0v) is 19.0. The SMILES string of the molecule is Cc1cccc(OCC(c2nnn[nH]2)N(C)CC(=O)Nc2ccc(Oc3ccccc3)cc2)c1. The van der Waals surface area contributed by atoms with E-state index in [9.17, 15) is 4.79 Å². The third-order valence-corrected chi connectivity index (χ3v) is 5.12. The highest BCUT2D eigenvalue weighted by atomic mass is 16.5. The van der Waals surface area contributed by atoms with Crippen LogP contribution in [-0.2, 0) is 4.79 Å². The van der Waals surface area contributed by atoms with E-state index in [1.54, 1.807) is 12.1 Å². The Kier molecular flexibility index (Phi) is 7.46. The van der Waals surface area contributed by atoms with Crippen LogP contribution in [0.1, 0.15) is 17.4 Å². The Bertz CT molecular complexity index is 1180. The molecule has 4 aromatic rings. The van der Waals surface area contributed by atoms with Crippen LogP contribution in [0.15, 0.2) is 78.9 Å². The number of anilines is 1. The van der Waals surface area contributed by atoms with Crippen LogP contribution in [0.2, 0.25) is 0 Å². The van der Waals surface area contributed by atoms with E-state index in [1.165, 1.54) is 0 Å². The largest absolute Gasteiger partial charge is 0.491 e. The monoisotopic (exact) mass is 458 g/mol. The van der Waals surface area contributed by atoms with E-state index >= 15 is 0 Å². The number of ether oxygens (including phenoxy) is 2. The summed E-state index contributed by atoms with van der Waals surface area (Å²) in [5.74, 6) is 2.53. The zero-order chi connectivity index (χ0) is 23.8. The number of hydrogen-bond acceptors (Lipinski definition) is 7. The van der Waals surface area contributed by atoms with Gasteiger partial charge in [0.1, 0.15) is 29.9 Å². The van der Waals surface area contributed by atoms with Gasteiger partial charge in [-0.25, -0.2) is 5.10 Å². The molecule has 0 aliphatic heterocycles. The number of nitrogens with one attached hydrogen (secondary N) is 2. The number of H-pyrrole nitrogens is 1. The Hall–Kier alpha value is -4.24. The molecule has 1 aromatic heterocycles. The first-order valence-corrected chi connectivity index (χ1v) is 10.8. The lowest BCUT2D eigenvalue weighted by atomic mass is 10.2. The maximum absolute atomic E-state index is 12.7. The molecule has 0 saturated heterocycles. The lowest BCUT2D eigenvalue weighted by molar-refractivity contribution is -0.117. The molecule has 9 heteroatoms. The highest BCUT2D eigenvalue weighted by Crippen LogP contribution is 2.23. The van der Waals surface area contributed by atoms with Gasteiger partial charge in [0.25, 0.3) is 0 Å². The number of nitrogens with zero attached hydrogens (tertiary/aromatic N) is 4. The van der Waals surface area contributed by atoms with Crippen molar-refractivity contribution in [3.05, 3.63) is 90.3 Å². The van der Waals surface area contributed by atoms with Crippen molar-refractivity contribution in [2.24, 2.45) is 0 Å². The molecule has 0 saturated carbocycles. The fourth-order valence-corrected chi connectivity index (χ4v) is 3.37. The molecule has 1 amide bonds. The number of benzene rings is 3. The first-order valence-electron chi connectivity index (χ1n) is 10.8. The van der Waals surface area contributed by atoms with Crippen molar-refractivity contribution >= 4 is 11.6 Å². The molecular weight excluding hydrogens is 432 g/mol. The van der Waals surface area contributed by atoms with Gasteiger partial charge in [0.05, 0.1) is 6.54 Å². The zero-order valence-electron chi connectivity index (χ0n) is 19.0. The number of hydrogen-bond donors (Lipinski definition) is 2. The van der Waals surface area contributed by atoms with Gasteiger partial charge in [-0.15, -0.1) is 5.10 Å². The fraction of sp³-hybridized carbons (Fsp3) is 0.200. The number of aromatic amines is 1. The van der Waals surface area contributed by atoms with Crippen molar-refractivity contribution in [1.82, 2.24) is 25.5 Å². The average Bonchev–Trinajstić information content (AvgIpc) is 3.36. The summed E-state index contributed by atoms with van der Waals surface area (Å²) < 4.78 is 11.7. The van der Waals surface area contributed by atoms with Crippen LogP contribution in [0.4, 0.5) is 5.69 Å². The molecule has 3 aromatic carbocycles. The molecule has 0 aliphatic carbocycles. The maximum atomic E-state index is 12.7. The molecule has 1 atom stereocenters. The second-order valence-corrected chi connectivity index (χ2v) is 7.83. The third kappa shape index (κ3) is 6.39.